The third-order valence-electron chi connectivity index (χ3n) is 2.42. The van der Waals surface area contributed by atoms with E-state index in [1.54, 1.807) is 0 Å². The minimum atomic E-state index is -0.596. The zero-order chi connectivity index (χ0) is 10.7. The van der Waals surface area contributed by atoms with E-state index in [0.717, 1.165) is 6.42 Å². The molecule has 0 aliphatic carbocycles. The van der Waals surface area contributed by atoms with Gasteiger partial charge < -0.3 is 0 Å². The monoisotopic (exact) mass is 218 g/mol. The van der Waals surface area contributed by atoms with Gasteiger partial charge in [-0.05, 0) is 18.1 Å². The second-order valence-corrected chi connectivity index (χ2v) is 3.89. The molecule has 1 aromatic carbocycles. The molecule has 0 amide bonds. The van der Waals surface area contributed by atoms with E-state index >= 15 is 0 Å². The van der Waals surface area contributed by atoms with Gasteiger partial charge in [0, 0.05) is 5.56 Å². The molecule has 1 aromatic rings. The van der Waals surface area contributed by atoms with Crippen LogP contribution in [0.5, 0.6) is 0 Å². The van der Waals surface area contributed by atoms with Crippen LogP contribution in [0.15, 0.2) is 18.2 Å². The molecule has 0 N–H and O–H groups in total. The molecule has 2 unspecified atom stereocenters. The first-order chi connectivity index (χ1) is 6.57. The van der Waals surface area contributed by atoms with E-state index in [4.69, 9.17) is 11.6 Å². The first kappa shape index (κ1) is 11.4. The van der Waals surface area contributed by atoms with Crippen molar-refractivity contribution in [3.05, 3.63) is 35.4 Å². The Morgan fingerprint density at radius 1 is 1.29 bits per heavy atom. The highest BCUT2D eigenvalue weighted by molar-refractivity contribution is 6.21. The smallest absolute Gasteiger partial charge is 0.130 e. The lowest BCUT2D eigenvalue weighted by Gasteiger charge is -2.17. The quantitative estimate of drug-likeness (QED) is 0.664. The van der Waals surface area contributed by atoms with Crippen LogP contribution in [0.25, 0.3) is 0 Å². The fourth-order valence-electron chi connectivity index (χ4n) is 1.27. The summed E-state index contributed by atoms with van der Waals surface area (Å²) in [5.41, 5.74) is -0.0106. The van der Waals surface area contributed by atoms with Crippen LogP contribution >= 0.6 is 11.6 Å². The lowest BCUT2D eigenvalue weighted by Crippen LogP contribution is -2.07. The summed E-state index contributed by atoms with van der Waals surface area (Å²) in [6, 6.07) is 3.81. The summed E-state index contributed by atoms with van der Waals surface area (Å²) in [6.45, 7) is 3.82. The molecule has 1 rings (SSSR count). The van der Waals surface area contributed by atoms with Crippen LogP contribution in [-0.2, 0) is 0 Å². The summed E-state index contributed by atoms with van der Waals surface area (Å²) in [5, 5.41) is -0.596. The van der Waals surface area contributed by atoms with Crippen molar-refractivity contribution in [2.45, 2.75) is 25.6 Å². The van der Waals surface area contributed by atoms with Crippen LogP contribution in [0.3, 0.4) is 0 Å². The van der Waals surface area contributed by atoms with Gasteiger partial charge in [-0.2, -0.15) is 0 Å². The maximum atomic E-state index is 13.3. The van der Waals surface area contributed by atoms with Gasteiger partial charge in [-0.15, -0.1) is 11.6 Å². The van der Waals surface area contributed by atoms with Gasteiger partial charge in [0.15, 0.2) is 0 Å². The van der Waals surface area contributed by atoms with E-state index in [1.807, 2.05) is 13.8 Å². The zero-order valence-electron chi connectivity index (χ0n) is 8.23. The molecule has 0 radical (unpaired) electrons. The van der Waals surface area contributed by atoms with Gasteiger partial charge in [0.2, 0.25) is 0 Å². The van der Waals surface area contributed by atoms with Gasteiger partial charge in [-0.25, -0.2) is 8.78 Å². The minimum absolute atomic E-state index is 0.0106. The minimum Gasteiger partial charge on any atom is -0.207 e. The van der Waals surface area contributed by atoms with E-state index < -0.39 is 17.0 Å². The third kappa shape index (κ3) is 2.24. The van der Waals surface area contributed by atoms with Crippen molar-refractivity contribution in [2.75, 3.05) is 0 Å². The molecule has 0 saturated heterocycles. The summed E-state index contributed by atoms with van der Waals surface area (Å²) in [4.78, 5) is 0. The number of alkyl halides is 1. The molecule has 78 valence electrons. The molecule has 0 saturated carbocycles. The Kier molecular flexibility index (Phi) is 3.87. The molecule has 0 aromatic heterocycles. The van der Waals surface area contributed by atoms with Gasteiger partial charge in [-0.3, -0.25) is 0 Å². The molecule has 2 atom stereocenters. The van der Waals surface area contributed by atoms with E-state index in [-0.39, 0.29) is 11.5 Å². The summed E-state index contributed by atoms with van der Waals surface area (Å²) >= 11 is 5.99. The van der Waals surface area contributed by atoms with E-state index in [0.29, 0.717) is 0 Å². The number of hydrogen-bond donors (Lipinski definition) is 0. The molecule has 0 bridgehead atoms. The van der Waals surface area contributed by atoms with Gasteiger partial charge in [0.1, 0.15) is 11.6 Å². The van der Waals surface area contributed by atoms with Crippen LogP contribution in [0.1, 0.15) is 31.2 Å². The average molecular weight is 219 g/mol. The zero-order valence-corrected chi connectivity index (χ0v) is 8.98. The Morgan fingerprint density at radius 3 is 2.21 bits per heavy atom. The van der Waals surface area contributed by atoms with Crippen molar-refractivity contribution in [1.82, 2.24) is 0 Å². The normalized spacial score (nSPS) is 15.2. The summed E-state index contributed by atoms with van der Waals surface area (Å²) in [7, 11) is 0. The van der Waals surface area contributed by atoms with E-state index in [2.05, 4.69) is 0 Å². The SMILES string of the molecule is CCC(C)C(Cl)c1c(F)cccc1F. The molecule has 0 aliphatic rings. The highest BCUT2D eigenvalue weighted by atomic mass is 35.5. The van der Waals surface area contributed by atoms with Crippen LogP contribution in [-0.4, -0.2) is 0 Å². The molecule has 14 heavy (non-hydrogen) atoms. The number of rotatable bonds is 3. The van der Waals surface area contributed by atoms with Crippen molar-refractivity contribution in [2.24, 2.45) is 5.92 Å². The molecule has 0 aliphatic heterocycles. The predicted molar refractivity (Wildman–Crippen MR) is 54.4 cm³/mol. The Hall–Kier alpha value is -0.630. The average Bonchev–Trinajstić information content (AvgIpc) is 2.16. The Labute approximate surface area is 87.9 Å². The first-order valence-corrected chi connectivity index (χ1v) is 5.09. The van der Waals surface area contributed by atoms with E-state index in [1.165, 1.54) is 18.2 Å². The third-order valence-corrected chi connectivity index (χ3v) is 3.07. The second-order valence-electron chi connectivity index (χ2n) is 3.42. The van der Waals surface area contributed by atoms with Gasteiger partial charge in [0.25, 0.3) is 0 Å². The molecule has 0 fully saturated rings. The molecular formula is C11H13ClF2. The van der Waals surface area contributed by atoms with Gasteiger partial charge in [0.05, 0.1) is 5.38 Å². The largest absolute Gasteiger partial charge is 0.207 e. The maximum Gasteiger partial charge on any atom is 0.130 e. The highest BCUT2D eigenvalue weighted by Crippen LogP contribution is 2.33. The molecule has 0 spiro atoms. The maximum absolute atomic E-state index is 13.3. The van der Waals surface area contributed by atoms with Crippen LogP contribution in [0.2, 0.25) is 0 Å². The first-order valence-electron chi connectivity index (χ1n) is 4.65. The van der Waals surface area contributed by atoms with Gasteiger partial charge >= 0.3 is 0 Å². The highest BCUT2D eigenvalue weighted by Gasteiger charge is 2.21. The van der Waals surface area contributed by atoms with Crippen LogP contribution in [0.4, 0.5) is 8.78 Å². The topological polar surface area (TPSA) is 0 Å². The number of benzene rings is 1. The Bertz CT molecular complexity index is 292. The number of halogens is 3. The van der Waals surface area contributed by atoms with Crippen LogP contribution < -0.4 is 0 Å². The van der Waals surface area contributed by atoms with Crippen LogP contribution in [0, 0.1) is 17.6 Å². The van der Waals surface area contributed by atoms with E-state index in [9.17, 15) is 8.78 Å². The fraction of sp³-hybridized carbons (Fsp3) is 0.455. The lowest BCUT2D eigenvalue weighted by molar-refractivity contribution is 0.486. The summed E-state index contributed by atoms with van der Waals surface area (Å²) < 4.78 is 26.5. The lowest BCUT2D eigenvalue weighted by atomic mass is 9.97. The van der Waals surface area contributed by atoms with Gasteiger partial charge in [-0.1, -0.05) is 26.3 Å². The summed E-state index contributed by atoms with van der Waals surface area (Å²) in [6.07, 6.45) is 0.794. The summed E-state index contributed by atoms with van der Waals surface area (Å²) in [5.74, 6) is -1.07. The fourth-order valence-corrected chi connectivity index (χ4v) is 1.65. The molecule has 0 nitrogen and oxygen atoms in total. The van der Waals surface area contributed by atoms with Crippen molar-refractivity contribution >= 4 is 11.6 Å². The molecule has 0 heterocycles. The van der Waals surface area contributed by atoms with Crippen molar-refractivity contribution in [3.8, 4) is 0 Å². The standard InChI is InChI=1S/C11H13ClF2/c1-3-7(2)11(12)10-8(13)5-4-6-9(10)14/h4-7,11H,3H2,1-2H3. The number of hydrogen-bond acceptors (Lipinski definition) is 0. The Balaban J connectivity index is 3.05. The van der Waals surface area contributed by atoms with Crippen molar-refractivity contribution in [1.29, 1.82) is 0 Å². The predicted octanol–water partition coefficient (Wildman–Crippen LogP) is 4.29. The molecule has 3 heteroatoms. The molecular weight excluding hydrogens is 206 g/mol. The second kappa shape index (κ2) is 4.74. The van der Waals surface area contributed by atoms with Crippen molar-refractivity contribution in [3.63, 3.8) is 0 Å². The Morgan fingerprint density at radius 2 is 1.79 bits per heavy atom. The van der Waals surface area contributed by atoms with Crippen molar-refractivity contribution < 1.29 is 8.78 Å².